The van der Waals surface area contributed by atoms with Crippen LogP contribution in [0.4, 0.5) is 18.9 Å². The largest absolute Gasteiger partial charge is 0.416 e. The van der Waals surface area contributed by atoms with Crippen LogP contribution in [-0.4, -0.2) is 14.3 Å². The summed E-state index contributed by atoms with van der Waals surface area (Å²) in [6.45, 7) is 0. The van der Waals surface area contributed by atoms with Crippen LogP contribution in [0.1, 0.15) is 15.9 Å². The molecule has 0 atom stereocenters. The van der Waals surface area contributed by atoms with Crippen LogP contribution in [0.2, 0.25) is 0 Å². The normalized spacial score (nSPS) is 11.8. The number of nitrogen functional groups attached to an aromatic ring is 1. The maximum atomic E-state index is 12.8. The minimum absolute atomic E-state index is 0.165. The van der Waals surface area contributed by atoms with Crippen molar-refractivity contribution in [1.82, 2.24) is 5.43 Å². The van der Waals surface area contributed by atoms with Crippen LogP contribution in [0.15, 0.2) is 53.4 Å². The van der Waals surface area contributed by atoms with E-state index < -0.39 is 33.4 Å². The first-order valence-corrected chi connectivity index (χ1v) is 7.93. The molecule has 2 aromatic rings. The molecular formula is C14H12F3N3O3S. The van der Waals surface area contributed by atoms with E-state index in [1.165, 1.54) is 24.3 Å². The summed E-state index contributed by atoms with van der Waals surface area (Å²) in [6.07, 6.45) is -4.70. The van der Waals surface area contributed by atoms with Crippen LogP contribution in [0.3, 0.4) is 0 Å². The molecule has 0 unspecified atom stereocenters. The Labute approximate surface area is 135 Å². The van der Waals surface area contributed by atoms with Crippen LogP contribution in [0, 0.1) is 0 Å². The minimum Gasteiger partial charge on any atom is -0.290 e. The zero-order valence-electron chi connectivity index (χ0n) is 12.0. The lowest BCUT2D eigenvalue weighted by Gasteiger charge is -2.15. The van der Waals surface area contributed by atoms with Crippen molar-refractivity contribution in [3.8, 4) is 0 Å². The molecule has 0 aliphatic carbocycles. The van der Waals surface area contributed by atoms with E-state index in [1.807, 2.05) is 4.72 Å². The molecule has 2 aromatic carbocycles. The summed E-state index contributed by atoms with van der Waals surface area (Å²) in [5.41, 5.74) is -0.233. The standard InChI is InChI=1S/C14H12F3N3O3S/c15-14(16,17)9-6-7-11(13(21)19-18)12(8-9)20-24(22,23)10-4-2-1-3-5-10/h1-8,20H,18H2,(H,19,21). The van der Waals surface area contributed by atoms with Crippen LogP contribution in [0.25, 0.3) is 0 Å². The fourth-order valence-electron chi connectivity index (χ4n) is 1.88. The molecule has 10 heteroatoms. The topological polar surface area (TPSA) is 101 Å². The van der Waals surface area contributed by atoms with Gasteiger partial charge in [-0.1, -0.05) is 18.2 Å². The molecule has 128 valence electrons. The number of nitrogens with two attached hydrogens (primary N) is 1. The second-order valence-corrected chi connectivity index (χ2v) is 6.33. The molecule has 0 spiro atoms. The number of hydrogen-bond donors (Lipinski definition) is 3. The molecule has 6 nitrogen and oxygen atoms in total. The number of hydrazine groups is 1. The van der Waals surface area contributed by atoms with E-state index in [0.29, 0.717) is 12.1 Å². The van der Waals surface area contributed by atoms with Crippen molar-refractivity contribution in [2.24, 2.45) is 5.84 Å². The summed E-state index contributed by atoms with van der Waals surface area (Å²) < 4.78 is 65.0. The van der Waals surface area contributed by atoms with Crippen molar-refractivity contribution in [1.29, 1.82) is 0 Å². The molecular weight excluding hydrogens is 347 g/mol. The van der Waals surface area contributed by atoms with Gasteiger partial charge in [0.25, 0.3) is 15.9 Å². The summed E-state index contributed by atoms with van der Waals surface area (Å²) in [4.78, 5) is 11.5. The van der Waals surface area contributed by atoms with E-state index in [2.05, 4.69) is 0 Å². The first-order valence-electron chi connectivity index (χ1n) is 6.45. The fourth-order valence-corrected chi connectivity index (χ4v) is 2.98. The third-order valence-electron chi connectivity index (χ3n) is 3.02. The number of halogens is 3. The van der Waals surface area contributed by atoms with Gasteiger partial charge in [0.2, 0.25) is 0 Å². The molecule has 24 heavy (non-hydrogen) atoms. The Kier molecular flexibility index (Phi) is 4.81. The van der Waals surface area contributed by atoms with Crippen molar-refractivity contribution in [3.63, 3.8) is 0 Å². The third kappa shape index (κ3) is 3.84. The molecule has 0 aliphatic heterocycles. The number of nitrogens with one attached hydrogen (secondary N) is 2. The number of carbonyl (C=O) groups is 1. The minimum atomic E-state index is -4.70. The van der Waals surface area contributed by atoms with E-state index >= 15 is 0 Å². The number of hydrogen-bond acceptors (Lipinski definition) is 4. The van der Waals surface area contributed by atoms with E-state index in [4.69, 9.17) is 5.84 Å². The SMILES string of the molecule is NNC(=O)c1ccc(C(F)(F)F)cc1NS(=O)(=O)c1ccccc1. The summed E-state index contributed by atoms with van der Waals surface area (Å²) in [5, 5.41) is 0. The average molecular weight is 359 g/mol. The number of carbonyl (C=O) groups excluding carboxylic acids is 1. The summed E-state index contributed by atoms with van der Waals surface area (Å²) >= 11 is 0. The first kappa shape index (κ1) is 17.8. The van der Waals surface area contributed by atoms with E-state index in [1.54, 1.807) is 11.5 Å². The van der Waals surface area contributed by atoms with Crippen LogP contribution < -0.4 is 16.0 Å². The van der Waals surface area contributed by atoms with Gasteiger partial charge in [-0.2, -0.15) is 13.2 Å². The Balaban J connectivity index is 2.52. The Hall–Kier alpha value is -2.59. The highest BCUT2D eigenvalue weighted by Gasteiger charge is 2.32. The summed E-state index contributed by atoms with van der Waals surface area (Å²) in [6, 6.07) is 9.04. The molecule has 0 saturated carbocycles. The molecule has 0 saturated heterocycles. The van der Waals surface area contributed by atoms with Gasteiger partial charge in [-0.3, -0.25) is 14.9 Å². The quantitative estimate of drug-likeness (QED) is 0.442. The van der Waals surface area contributed by atoms with E-state index in [0.717, 1.165) is 6.07 Å². The molecule has 1 amide bonds. The molecule has 0 aromatic heterocycles. The van der Waals surface area contributed by atoms with Gasteiger partial charge in [-0.25, -0.2) is 14.3 Å². The first-order chi connectivity index (χ1) is 11.1. The molecule has 0 heterocycles. The smallest absolute Gasteiger partial charge is 0.290 e. The molecule has 0 radical (unpaired) electrons. The maximum absolute atomic E-state index is 12.8. The number of benzene rings is 2. The lowest BCUT2D eigenvalue weighted by molar-refractivity contribution is -0.137. The van der Waals surface area contributed by atoms with Gasteiger partial charge >= 0.3 is 6.18 Å². The van der Waals surface area contributed by atoms with Crippen molar-refractivity contribution >= 4 is 21.6 Å². The zero-order chi connectivity index (χ0) is 18.0. The van der Waals surface area contributed by atoms with Gasteiger partial charge in [0.15, 0.2) is 0 Å². The lowest BCUT2D eigenvalue weighted by Crippen LogP contribution is -2.31. The summed E-state index contributed by atoms with van der Waals surface area (Å²) in [7, 11) is -4.18. The monoisotopic (exact) mass is 359 g/mol. The molecule has 0 bridgehead atoms. The van der Waals surface area contributed by atoms with Gasteiger partial charge < -0.3 is 0 Å². The highest BCUT2D eigenvalue weighted by molar-refractivity contribution is 7.92. The Bertz CT molecular complexity index is 853. The maximum Gasteiger partial charge on any atom is 0.416 e. The van der Waals surface area contributed by atoms with Crippen LogP contribution >= 0.6 is 0 Å². The predicted octanol–water partition coefficient (Wildman–Crippen LogP) is 2.11. The van der Waals surface area contributed by atoms with Gasteiger partial charge in [0, 0.05) is 0 Å². The fraction of sp³-hybridized carbons (Fsp3) is 0.0714. The van der Waals surface area contributed by atoms with Gasteiger partial charge in [-0.05, 0) is 30.3 Å². The number of anilines is 1. The van der Waals surface area contributed by atoms with Crippen LogP contribution in [-0.2, 0) is 16.2 Å². The highest BCUT2D eigenvalue weighted by atomic mass is 32.2. The third-order valence-corrected chi connectivity index (χ3v) is 4.40. The van der Waals surface area contributed by atoms with Crippen molar-refractivity contribution < 1.29 is 26.4 Å². The average Bonchev–Trinajstić information content (AvgIpc) is 2.53. The Morgan fingerprint density at radius 2 is 1.67 bits per heavy atom. The van der Waals surface area contributed by atoms with E-state index in [9.17, 15) is 26.4 Å². The Morgan fingerprint density at radius 1 is 1.04 bits per heavy atom. The van der Waals surface area contributed by atoms with Gasteiger partial charge in [0.05, 0.1) is 21.7 Å². The predicted molar refractivity (Wildman–Crippen MR) is 80.3 cm³/mol. The van der Waals surface area contributed by atoms with Crippen molar-refractivity contribution in [2.45, 2.75) is 11.1 Å². The second kappa shape index (κ2) is 6.49. The second-order valence-electron chi connectivity index (χ2n) is 4.65. The number of rotatable bonds is 4. The summed E-state index contributed by atoms with van der Waals surface area (Å²) in [5.74, 6) is 4.04. The van der Waals surface area contributed by atoms with Crippen molar-refractivity contribution in [3.05, 3.63) is 59.7 Å². The van der Waals surface area contributed by atoms with Gasteiger partial charge in [-0.15, -0.1) is 0 Å². The number of amides is 1. The zero-order valence-corrected chi connectivity index (χ0v) is 12.8. The molecule has 0 aliphatic rings. The highest BCUT2D eigenvalue weighted by Crippen LogP contribution is 2.33. The number of alkyl halides is 3. The van der Waals surface area contributed by atoms with Gasteiger partial charge in [0.1, 0.15) is 0 Å². The molecule has 0 fully saturated rings. The van der Waals surface area contributed by atoms with Crippen LogP contribution in [0.5, 0.6) is 0 Å². The number of sulfonamides is 1. The van der Waals surface area contributed by atoms with Crippen molar-refractivity contribution in [2.75, 3.05) is 4.72 Å². The Morgan fingerprint density at radius 3 is 2.21 bits per heavy atom. The molecule has 4 N–H and O–H groups in total. The molecule has 2 rings (SSSR count). The van der Waals surface area contributed by atoms with E-state index in [-0.39, 0.29) is 10.5 Å². The lowest BCUT2D eigenvalue weighted by atomic mass is 10.1.